The van der Waals surface area contributed by atoms with Gasteiger partial charge in [0.25, 0.3) is 0 Å². The highest BCUT2D eigenvalue weighted by Gasteiger charge is 2.24. The van der Waals surface area contributed by atoms with Crippen molar-refractivity contribution >= 4 is 16.9 Å². The molecule has 1 fully saturated rings. The SMILES string of the molecule is O=C(O)Cc1cccc2n[nH]c(C3CCC3)c12. The van der Waals surface area contributed by atoms with Gasteiger partial charge in [0.15, 0.2) is 0 Å². The largest absolute Gasteiger partial charge is 0.481 e. The van der Waals surface area contributed by atoms with Crippen LogP contribution in [0.2, 0.25) is 0 Å². The number of nitrogens with one attached hydrogen (secondary N) is 1. The molecule has 1 heterocycles. The summed E-state index contributed by atoms with van der Waals surface area (Å²) in [4.78, 5) is 10.9. The summed E-state index contributed by atoms with van der Waals surface area (Å²) in [6.07, 6.45) is 3.68. The number of aromatic amines is 1. The topological polar surface area (TPSA) is 66.0 Å². The van der Waals surface area contributed by atoms with Gasteiger partial charge in [-0.2, -0.15) is 5.10 Å². The summed E-state index contributed by atoms with van der Waals surface area (Å²) < 4.78 is 0. The molecule has 0 spiro atoms. The molecule has 0 aliphatic heterocycles. The predicted octanol–water partition coefficient (Wildman–Crippen LogP) is 2.46. The monoisotopic (exact) mass is 230 g/mol. The highest BCUT2D eigenvalue weighted by atomic mass is 16.4. The highest BCUT2D eigenvalue weighted by molar-refractivity contribution is 5.88. The maximum atomic E-state index is 10.9. The molecule has 4 heteroatoms. The van der Waals surface area contributed by atoms with E-state index in [2.05, 4.69) is 10.2 Å². The lowest BCUT2D eigenvalue weighted by Crippen LogP contribution is -2.10. The molecule has 0 bridgehead atoms. The van der Waals surface area contributed by atoms with Crippen LogP contribution in [0.25, 0.3) is 10.9 Å². The van der Waals surface area contributed by atoms with Gasteiger partial charge in [-0.05, 0) is 24.5 Å². The van der Waals surface area contributed by atoms with Gasteiger partial charge >= 0.3 is 5.97 Å². The van der Waals surface area contributed by atoms with Crippen molar-refractivity contribution < 1.29 is 9.90 Å². The van der Waals surface area contributed by atoms with Crippen LogP contribution >= 0.6 is 0 Å². The Morgan fingerprint density at radius 2 is 2.29 bits per heavy atom. The van der Waals surface area contributed by atoms with Gasteiger partial charge in [-0.25, -0.2) is 0 Å². The standard InChI is InChI=1S/C13H14N2O2/c16-11(17)7-9-5-2-6-10-12(9)13(15-14-10)8-3-1-4-8/h2,5-6,8H,1,3-4,7H2,(H,14,15)(H,16,17). The average molecular weight is 230 g/mol. The second kappa shape index (κ2) is 3.87. The number of hydrogen-bond acceptors (Lipinski definition) is 2. The zero-order valence-corrected chi connectivity index (χ0v) is 9.44. The molecule has 0 saturated heterocycles. The first-order valence-electron chi connectivity index (χ1n) is 5.93. The molecule has 3 rings (SSSR count). The van der Waals surface area contributed by atoms with Gasteiger partial charge in [0.05, 0.1) is 11.9 Å². The van der Waals surface area contributed by atoms with Crippen molar-refractivity contribution in [3.05, 3.63) is 29.5 Å². The van der Waals surface area contributed by atoms with Crippen molar-refractivity contribution in [2.75, 3.05) is 0 Å². The van der Waals surface area contributed by atoms with Crippen LogP contribution in [0.1, 0.15) is 36.4 Å². The molecular formula is C13H14N2O2. The zero-order chi connectivity index (χ0) is 11.8. The molecule has 1 aromatic heterocycles. The molecule has 1 aromatic carbocycles. The third-order valence-electron chi connectivity index (χ3n) is 3.55. The lowest BCUT2D eigenvalue weighted by molar-refractivity contribution is -0.136. The number of carboxylic acids is 1. The third-order valence-corrected chi connectivity index (χ3v) is 3.55. The van der Waals surface area contributed by atoms with E-state index in [1.54, 1.807) is 0 Å². The molecule has 17 heavy (non-hydrogen) atoms. The number of aliphatic carboxylic acids is 1. The van der Waals surface area contributed by atoms with E-state index in [9.17, 15) is 4.79 Å². The first-order chi connectivity index (χ1) is 8.25. The fourth-order valence-corrected chi connectivity index (χ4v) is 2.47. The second-order valence-corrected chi connectivity index (χ2v) is 4.65. The van der Waals surface area contributed by atoms with E-state index < -0.39 is 5.97 Å². The Bertz CT molecular complexity index is 570. The van der Waals surface area contributed by atoms with Gasteiger partial charge in [-0.15, -0.1) is 0 Å². The Hall–Kier alpha value is -1.84. The van der Waals surface area contributed by atoms with Crippen molar-refractivity contribution in [2.45, 2.75) is 31.6 Å². The zero-order valence-electron chi connectivity index (χ0n) is 9.44. The van der Waals surface area contributed by atoms with Crippen molar-refractivity contribution in [1.29, 1.82) is 0 Å². The summed E-state index contributed by atoms with van der Waals surface area (Å²) in [5.74, 6) is -0.256. The molecule has 2 N–H and O–H groups in total. The number of fused-ring (bicyclic) bond motifs is 1. The number of H-pyrrole nitrogens is 1. The molecule has 1 saturated carbocycles. The Kier molecular flexibility index (Phi) is 2.35. The smallest absolute Gasteiger partial charge is 0.307 e. The van der Waals surface area contributed by atoms with Crippen molar-refractivity contribution in [3.8, 4) is 0 Å². The van der Waals surface area contributed by atoms with E-state index in [4.69, 9.17) is 5.11 Å². The molecule has 1 aliphatic rings. The van der Waals surface area contributed by atoms with E-state index in [1.807, 2.05) is 18.2 Å². The molecule has 0 atom stereocenters. The van der Waals surface area contributed by atoms with E-state index in [-0.39, 0.29) is 6.42 Å². The minimum atomic E-state index is -0.793. The summed E-state index contributed by atoms with van der Waals surface area (Å²) in [7, 11) is 0. The van der Waals surface area contributed by atoms with Crippen LogP contribution < -0.4 is 0 Å². The van der Waals surface area contributed by atoms with E-state index in [0.717, 1.165) is 22.2 Å². The van der Waals surface area contributed by atoms with Gasteiger partial charge in [0, 0.05) is 17.0 Å². The van der Waals surface area contributed by atoms with Crippen LogP contribution in [0.3, 0.4) is 0 Å². The summed E-state index contributed by atoms with van der Waals surface area (Å²) in [6.45, 7) is 0. The normalized spacial score (nSPS) is 16.0. The van der Waals surface area contributed by atoms with Crippen molar-refractivity contribution in [3.63, 3.8) is 0 Å². The van der Waals surface area contributed by atoms with Gasteiger partial charge in [-0.1, -0.05) is 18.6 Å². The van der Waals surface area contributed by atoms with Crippen LogP contribution in [-0.4, -0.2) is 21.3 Å². The van der Waals surface area contributed by atoms with Crippen LogP contribution in [0.15, 0.2) is 18.2 Å². The van der Waals surface area contributed by atoms with Gasteiger partial charge in [0.1, 0.15) is 0 Å². The fourth-order valence-electron chi connectivity index (χ4n) is 2.47. The number of hydrogen-bond donors (Lipinski definition) is 2. The van der Waals surface area contributed by atoms with Crippen LogP contribution in [0.4, 0.5) is 0 Å². The number of rotatable bonds is 3. The fraction of sp³-hybridized carbons (Fsp3) is 0.385. The van der Waals surface area contributed by atoms with Gasteiger partial charge < -0.3 is 5.11 Å². The van der Waals surface area contributed by atoms with E-state index in [0.29, 0.717) is 5.92 Å². The summed E-state index contributed by atoms with van der Waals surface area (Å²) in [6, 6.07) is 5.68. The van der Waals surface area contributed by atoms with Crippen LogP contribution in [0, 0.1) is 0 Å². The number of benzene rings is 1. The maximum absolute atomic E-state index is 10.9. The van der Waals surface area contributed by atoms with Crippen molar-refractivity contribution in [2.24, 2.45) is 0 Å². The quantitative estimate of drug-likeness (QED) is 0.851. The number of aromatic nitrogens is 2. The molecule has 4 nitrogen and oxygen atoms in total. The second-order valence-electron chi connectivity index (χ2n) is 4.65. The van der Waals surface area contributed by atoms with Gasteiger partial charge in [-0.3, -0.25) is 9.89 Å². The summed E-state index contributed by atoms with van der Waals surface area (Å²) in [5, 5.41) is 17.3. The van der Waals surface area contributed by atoms with Crippen molar-refractivity contribution in [1.82, 2.24) is 10.2 Å². The molecule has 0 amide bonds. The van der Waals surface area contributed by atoms with E-state index in [1.165, 1.54) is 19.3 Å². The van der Waals surface area contributed by atoms with Gasteiger partial charge in [0.2, 0.25) is 0 Å². The molecule has 2 aromatic rings. The minimum absolute atomic E-state index is 0.0661. The Morgan fingerprint density at radius 3 is 2.94 bits per heavy atom. The third kappa shape index (κ3) is 1.69. The van der Waals surface area contributed by atoms with E-state index >= 15 is 0 Å². The Morgan fingerprint density at radius 1 is 1.47 bits per heavy atom. The highest BCUT2D eigenvalue weighted by Crippen LogP contribution is 2.39. The molecule has 1 aliphatic carbocycles. The number of carboxylic acid groups (broad SMARTS) is 1. The average Bonchev–Trinajstić information content (AvgIpc) is 2.60. The lowest BCUT2D eigenvalue weighted by Gasteiger charge is -2.24. The molecule has 0 radical (unpaired) electrons. The predicted molar refractivity (Wildman–Crippen MR) is 64.0 cm³/mol. The first kappa shape index (κ1) is 10.3. The maximum Gasteiger partial charge on any atom is 0.307 e. The number of nitrogens with zero attached hydrogens (tertiary/aromatic N) is 1. The number of carbonyl (C=O) groups is 1. The molecule has 0 unspecified atom stereocenters. The summed E-state index contributed by atoms with van der Waals surface area (Å²) >= 11 is 0. The Balaban J connectivity index is 2.13. The first-order valence-corrected chi connectivity index (χ1v) is 5.93. The Labute approximate surface area is 98.6 Å². The summed E-state index contributed by atoms with van der Waals surface area (Å²) in [5.41, 5.74) is 2.87. The molecular weight excluding hydrogens is 216 g/mol. The minimum Gasteiger partial charge on any atom is -0.481 e. The van der Waals surface area contributed by atoms with Crippen LogP contribution in [0.5, 0.6) is 0 Å². The molecule has 88 valence electrons. The van der Waals surface area contributed by atoms with Crippen LogP contribution in [-0.2, 0) is 11.2 Å². The lowest BCUT2D eigenvalue weighted by atomic mass is 9.81.